The highest BCUT2D eigenvalue weighted by molar-refractivity contribution is 4.97. The molecule has 0 aliphatic heterocycles. The average Bonchev–Trinajstić information content (AvgIpc) is 1.90. The molecule has 0 saturated carbocycles. The van der Waals surface area contributed by atoms with Crippen LogP contribution in [0.15, 0.2) is 12.2 Å². The fraction of sp³-hybridized carbons (Fsp3) is 0.750. The van der Waals surface area contributed by atoms with Gasteiger partial charge in [-0.15, -0.1) is 0 Å². The summed E-state index contributed by atoms with van der Waals surface area (Å²) in [5.41, 5.74) is 0. The molecule has 0 fully saturated rings. The molecule has 1 rings (SSSR count). The summed E-state index contributed by atoms with van der Waals surface area (Å²) in [6, 6.07) is 0.707. The number of allylic oxidation sites excluding steroid dienone is 1. The molecule has 1 aliphatic carbocycles. The van der Waals surface area contributed by atoms with Gasteiger partial charge in [-0.25, -0.2) is 0 Å². The molecule has 0 amide bonds. The summed E-state index contributed by atoms with van der Waals surface area (Å²) < 4.78 is 0. The Morgan fingerprint density at radius 3 is 2.56 bits per heavy atom. The van der Waals surface area contributed by atoms with E-state index in [9.17, 15) is 0 Å². The van der Waals surface area contributed by atoms with Crippen LogP contribution in [0.25, 0.3) is 0 Å². The van der Waals surface area contributed by atoms with E-state index in [4.69, 9.17) is 0 Å². The smallest absolute Gasteiger partial charge is 0.0272 e. The molecule has 1 heteroatoms. The van der Waals surface area contributed by atoms with Gasteiger partial charge in [0.2, 0.25) is 0 Å². The summed E-state index contributed by atoms with van der Waals surface area (Å²) in [5, 5.41) is 0. The molecule has 1 aliphatic rings. The summed E-state index contributed by atoms with van der Waals surface area (Å²) in [5.74, 6) is 0. The predicted octanol–water partition coefficient (Wildman–Crippen LogP) is 1.66. The average molecular weight is 125 g/mol. The van der Waals surface area contributed by atoms with Crippen molar-refractivity contribution in [3.8, 4) is 0 Å². The molecule has 0 N–H and O–H groups in total. The Bertz CT molecular complexity index is 105. The molecule has 9 heavy (non-hydrogen) atoms. The largest absolute Gasteiger partial charge is 0.303 e. The maximum atomic E-state index is 2.31. The molecule has 0 spiro atoms. The van der Waals surface area contributed by atoms with Crippen molar-refractivity contribution in [3.63, 3.8) is 0 Å². The lowest BCUT2D eigenvalue weighted by Crippen LogP contribution is -2.26. The van der Waals surface area contributed by atoms with Crippen molar-refractivity contribution in [3.05, 3.63) is 12.2 Å². The van der Waals surface area contributed by atoms with E-state index in [0.29, 0.717) is 6.04 Å². The van der Waals surface area contributed by atoms with Crippen molar-refractivity contribution in [2.75, 3.05) is 14.1 Å². The molecule has 1 atom stereocenters. The third-order valence-corrected chi connectivity index (χ3v) is 1.89. The first-order valence-corrected chi connectivity index (χ1v) is 3.64. The Hall–Kier alpha value is -0.300. The van der Waals surface area contributed by atoms with E-state index in [0.717, 1.165) is 0 Å². The van der Waals surface area contributed by atoms with Gasteiger partial charge in [0.15, 0.2) is 0 Å². The zero-order valence-electron chi connectivity index (χ0n) is 6.30. The Morgan fingerprint density at radius 2 is 2.22 bits per heavy atom. The molecule has 0 unspecified atom stereocenters. The summed E-state index contributed by atoms with van der Waals surface area (Å²) >= 11 is 0. The van der Waals surface area contributed by atoms with Crippen LogP contribution in [-0.4, -0.2) is 25.0 Å². The first kappa shape index (κ1) is 6.81. The molecule has 1 nitrogen and oxygen atoms in total. The summed E-state index contributed by atoms with van der Waals surface area (Å²) in [6.45, 7) is 0. The highest BCUT2D eigenvalue weighted by Crippen LogP contribution is 2.13. The Kier molecular flexibility index (Phi) is 2.29. The topological polar surface area (TPSA) is 3.24 Å². The normalized spacial score (nSPS) is 27.2. The number of nitrogens with zero attached hydrogens (tertiary/aromatic N) is 1. The van der Waals surface area contributed by atoms with Crippen LogP contribution in [0.5, 0.6) is 0 Å². The van der Waals surface area contributed by atoms with Crippen LogP contribution in [0.1, 0.15) is 19.3 Å². The maximum Gasteiger partial charge on any atom is 0.0272 e. The van der Waals surface area contributed by atoms with E-state index in [1.807, 2.05) is 0 Å². The van der Waals surface area contributed by atoms with Gasteiger partial charge in [-0.1, -0.05) is 12.2 Å². The van der Waals surface area contributed by atoms with E-state index in [1.165, 1.54) is 19.3 Å². The van der Waals surface area contributed by atoms with E-state index < -0.39 is 0 Å². The van der Waals surface area contributed by atoms with E-state index >= 15 is 0 Å². The van der Waals surface area contributed by atoms with Crippen LogP contribution in [0.3, 0.4) is 0 Å². The van der Waals surface area contributed by atoms with E-state index in [1.54, 1.807) is 0 Å². The van der Waals surface area contributed by atoms with Crippen LogP contribution in [0.2, 0.25) is 0 Å². The monoisotopic (exact) mass is 125 g/mol. The van der Waals surface area contributed by atoms with Crippen molar-refractivity contribution in [2.45, 2.75) is 25.3 Å². The standard InChI is InChI=1S/C8H15N/c1-9(2)8-6-4-3-5-7-8/h4,6,8H,3,5,7H2,1-2H3/t8-/m0/s1. The lowest BCUT2D eigenvalue weighted by atomic mass is 10.0. The minimum absolute atomic E-state index is 0.707. The summed E-state index contributed by atoms with van der Waals surface area (Å²) in [4.78, 5) is 2.27. The van der Waals surface area contributed by atoms with E-state index in [-0.39, 0.29) is 0 Å². The maximum absolute atomic E-state index is 2.31. The van der Waals surface area contributed by atoms with Crippen LogP contribution in [0.4, 0.5) is 0 Å². The van der Waals surface area contributed by atoms with Crippen LogP contribution >= 0.6 is 0 Å². The molecule has 0 aromatic carbocycles. The van der Waals surface area contributed by atoms with Gasteiger partial charge in [0.25, 0.3) is 0 Å². The van der Waals surface area contributed by atoms with Gasteiger partial charge in [0.1, 0.15) is 0 Å². The first-order chi connectivity index (χ1) is 4.30. The van der Waals surface area contributed by atoms with Crippen LogP contribution in [-0.2, 0) is 0 Å². The van der Waals surface area contributed by atoms with Gasteiger partial charge in [-0.3, -0.25) is 0 Å². The molecular formula is C8H15N. The van der Waals surface area contributed by atoms with Crippen molar-refractivity contribution in [1.29, 1.82) is 0 Å². The van der Waals surface area contributed by atoms with Gasteiger partial charge < -0.3 is 4.90 Å². The molecule has 0 bridgehead atoms. The molecular weight excluding hydrogens is 110 g/mol. The second kappa shape index (κ2) is 3.02. The SMILES string of the molecule is CN(C)[C@H]1C=CCCC1. The van der Waals surface area contributed by atoms with Crippen molar-refractivity contribution in [1.82, 2.24) is 4.90 Å². The number of rotatable bonds is 1. The molecule has 0 radical (unpaired) electrons. The van der Waals surface area contributed by atoms with Gasteiger partial charge in [-0.2, -0.15) is 0 Å². The van der Waals surface area contributed by atoms with Gasteiger partial charge in [0.05, 0.1) is 0 Å². The lowest BCUT2D eigenvalue weighted by molar-refractivity contribution is 0.316. The van der Waals surface area contributed by atoms with Crippen LogP contribution < -0.4 is 0 Å². The molecule has 0 aromatic rings. The second-order valence-electron chi connectivity index (χ2n) is 2.89. The third kappa shape index (κ3) is 1.83. The predicted molar refractivity (Wildman–Crippen MR) is 40.5 cm³/mol. The molecule has 52 valence electrons. The van der Waals surface area contributed by atoms with Crippen LogP contribution in [0, 0.1) is 0 Å². The number of likely N-dealkylation sites (N-methyl/N-ethyl adjacent to an activating group) is 1. The summed E-state index contributed by atoms with van der Waals surface area (Å²) in [7, 11) is 4.28. The second-order valence-corrected chi connectivity index (χ2v) is 2.89. The zero-order chi connectivity index (χ0) is 6.69. The minimum atomic E-state index is 0.707. The van der Waals surface area contributed by atoms with Gasteiger partial charge in [0, 0.05) is 6.04 Å². The molecule has 0 heterocycles. The highest BCUT2D eigenvalue weighted by atomic mass is 15.1. The Labute approximate surface area is 57.4 Å². The third-order valence-electron chi connectivity index (χ3n) is 1.89. The first-order valence-electron chi connectivity index (χ1n) is 3.64. The fourth-order valence-corrected chi connectivity index (χ4v) is 1.22. The molecule has 0 aromatic heterocycles. The van der Waals surface area contributed by atoms with Gasteiger partial charge >= 0.3 is 0 Å². The molecule has 0 saturated heterocycles. The van der Waals surface area contributed by atoms with Crippen molar-refractivity contribution < 1.29 is 0 Å². The zero-order valence-corrected chi connectivity index (χ0v) is 6.30. The summed E-state index contributed by atoms with van der Waals surface area (Å²) in [6.07, 6.45) is 8.57. The van der Waals surface area contributed by atoms with E-state index in [2.05, 4.69) is 31.1 Å². The quantitative estimate of drug-likeness (QED) is 0.482. The fourth-order valence-electron chi connectivity index (χ4n) is 1.22. The van der Waals surface area contributed by atoms with Crippen molar-refractivity contribution >= 4 is 0 Å². The number of hydrogen-bond acceptors (Lipinski definition) is 1. The van der Waals surface area contributed by atoms with Crippen molar-refractivity contribution in [2.24, 2.45) is 0 Å². The Morgan fingerprint density at radius 1 is 1.44 bits per heavy atom. The number of hydrogen-bond donors (Lipinski definition) is 0. The van der Waals surface area contributed by atoms with Gasteiger partial charge in [-0.05, 0) is 33.4 Å². The Balaban J connectivity index is 2.40. The minimum Gasteiger partial charge on any atom is -0.303 e. The highest BCUT2D eigenvalue weighted by Gasteiger charge is 2.08. The lowest BCUT2D eigenvalue weighted by Gasteiger charge is -2.23.